The molecule has 0 radical (unpaired) electrons. The molecule has 0 saturated carbocycles. The lowest BCUT2D eigenvalue weighted by molar-refractivity contribution is 0.128. The Hall–Kier alpha value is -0.620. The first-order valence-electron chi connectivity index (χ1n) is 5.36. The summed E-state index contributed by atoms with van der Waals surface area (Å²) in [4.78, 5) is 0. The predicted molar refractivity (Wildman–Crippen MR) is 70.3 cm³/mol. The highest BCUT2D eigenvalue weighted by Gasteiger charge is 2.08. The van der Waals surface area contributed by atoms with E-state index in [9.17, 15) is 0 Å². The summed E-state index contributed by atoms with van der Waals surface area (Å²) >= 11 is 3.48. The van der Waals surface area contributed by atoms with Gasteiger partial charge in [0.25, 0.3) is 0 Å². The zero-order valence-electron chi connectivity index (χ0n) is 10.1. The molecule has 5 heteroatoms. The van der Waals surface area contributed by atoms with Crippen molar-refractivity contribution in [3.63, 3.8) is 0 Å². The largest absolute Gasteiger partial charge is 0.497 e. The predicted octanol–water partition coefficient (Wildman–Crippen LogP) is 1.55. The maximum Gasteiger partial charge on any atom is 0.119 e. The van der Waals surface area contributed by atoms with E-state index in [-0.39, 0.29) is 12.6 Å². The molecule has 0 saturated heterocycles. The molecule has 0 aromatic heterocycles. The third-order valence-electron chi connectivity index (χ3n) is 2.42. The smallest absolute Gasteiger partial charge is 0.119 e. The third-order valence-corrected chi connectivity index (χ3v) is 3.20. The van der Waals surface area contributed by atoms with Gasteiger partial charge in [0.2, 0.25) is 0 Å². The van der Waals surface area contributed by atoms with Gasteiger partial charge in [0.05, 0.1) is 26.4 Å². The molecule has 1 atom stereocenters. The van der Waals surface area contributed by atoms with Crippen molar-refractivity contribution in [1.29, 1.82) is 0 Å². The fourth-order valence-corrected chi connectivity index (χ4v) is 1.83. The van der Waals surface area contributed by atoms with E-state index in [2.05, 4.69) is 21.2 Å². The number of benzene rings is 1. The van der Waals surface area contributed by atoms with Gasteiger partial charge in [-0.25, -0.2) is 0 Å². The zero-order valence-corrected chi connectivity index (χ0v) is 11.7. The van der Waals surface area contributed by atoms with E-state index in [4.69, 9.17) is 14.6 Å². The van der Waals surface area contributed by atoms with Crippen LogP contribution in [-0.2, 0) is 11.3 Å². The van der Waals surface area contributed by atoms with Crippen LogP contribution in [0, 0.1) is 0 Å². The molecule has 1 unspecified atom stereocenters. The fourth-order valence-electron chi connectivity index (χ4n) is 1.45. The van der Waals surface area contributed by atoms with Gasteiger partial charge in [-0.2, -0.15) is 0 Å². The molecule has 17 heavy (non-hydrogen) atoms. The number of aliphatic hydroxyl groups is 1. The Morgan fingerprint density at radius 1 is 1.41 bits per heavy atom. The quantitative estimate of drug-likeness (QED) is 0.802. The molecule has 2 N–H and O–H groups in total. The van der Waals surface area contributed by atoms with E-state index in [1.54, 1.807) is 14.2 Å². The van der Waals surface area contributed by atoms with Gasteiger partial charge in [-0.15, -0.1) is 0 Å². The molecule has 0 heterocycles. The van der Waals surface area contributed by atoms with Crippen molar-refractivity contribution in [3.8, 4) is 5.75 Å². The second kappa shape index (κ2) is 7.66. The Bertz CT molecular complexity index is 347. The van der Waals surface area contributed by atoms with Crippen LogP contribution in [0.2, 0.25) is 0 Å². The Morgan fingerprint density at radius 3 is 2.76 bits per heavy atom. The molecule has 0 aliphatic rings. The summed E-state index contributed by atoms with van der Waals surface area (Å²) in [5.41, 5.74) is 1.08. The van der Waals surface area contributed by atoms with Crippen LogP contribution in [0.25, 0.3) is 0 Å². The monoisotopic (exact) mass is 303 g/mol. The summed E-state index contributed by atoms with van der Waals surface area (Å²) in [7, 11) is 3.26. The van der Waals surface area contributed by atoms with Gasteiger partial charge in [-0.1, -0.05) is 15.9 Å². The fraction of sp³-hybridized carbons (Fsp3) is 0.500. The topological polar surface area (TPSA) is 50.7 Å². The van der Waals surface area contributed by atoms with Crippen molar-refractivity contribution in [2.75, 3.05) is 27.4 Å². The van der Waals surface area contributed by atoms with Crippen LogP contribution < -0.4 is 10.1 Å². The Kier molecular flexibility index (Phi) is 6.50. The van der Waals surface area contributed by atoms with Crippen LogP contribution in [0.5, 0.6) is 5.75 Å². The van der Waals surface area contributed by atoms with Gasteiger partial charge in [0.15, 0.2) is 0 Å². The SMILES string of the molecule is COCC(CO)NCc1cc(OC)ccc1Br. The van der Waals surface area contributed by atoms with Gasteiger partial charge >= 0.3 is 0 Å². The first-order valence-corrected chi connectivity index (χ1v) is 6.16. The Labute approximate surface area is 110 Å². The third kappa shape index (κ3) is 4.63. The van der Waals surface area contributed by atoms with E-state index in [1.807, 2.05) is 18.2 Å². The van der Waals surface area contributed by atoms with Crippen molar-refractivity contribution >= 4 is 15.9 Å². The van der Waals surface area contributed by atoms with E-state index in [0.717, 1.165) is 15.8 Å². The Balaban J connectivity index is 2.60. The number of methoxy groups -OCH3 is 2. The van der Waals surface area contributed by atoms with Crippen molar-refractivity contribution < 1.29 is 14.6 Å². The minimum absolute atomic E-state index is 0.0510. The van der Waals surface area contributed by atoms with Gasteiger partial charge in [0, 0.05) is 18.1 Å². The number of nitrogens with one attached hydrogen (secondary N) is 1. The number of hydrogen-bond donors (Lipinski definition) is 2. The van der Waals surface area contributed by atoms with E-state index in [1.165, 1.54) is 0 Å². The molecule has 0 amide bonds. The summed E-state index contributed by atoms with van der Waals surface area (Å²) < 4.78 is 11.2. The average molecular weight is 304 g/mol. The maximum atomic E-state index is 9.13. The van der Waals surface area contributed by atoms with Crippen LogP contribution in [0.1, 0.15) is 5.56 Å². The molecule has 0 bridgehead atoms. The first-order chi connectivity index (χ1) is 8.21. The normalized spacial score (nSPS) is 12.5. The summed E-state index contributed by atoms with van der Waals surface area (Å²) in [6.07, 6.45) is 0. The highest BCUT2D eigenvalue weighted by Crippen LogP contribution is 2.22. The number of rotatable bonds is 7. The summed E-state index contributed by atoms with van der Waals surface area (Å²) in [6, 6.07) is 5.74. The molecule has 0 aliphatic carbocycles. The van der Waals surface area contributed by atoms with Gasteiger partial charge in [-0.05, 0) is 23.8 Å². The van der Waals surface area contributed by atoms with Crippen molar-refractivity contribution in [2.24, 2.45) is 0 Å². The summed E-state index contributed by atoms with van der Waals surface area (Å²) in [6.45, 7) is 1.18. The number of hydrogen-bond acceptors (Lipinski definition) is 4. The van der Waals surface area contributed by atoms with Crippen molar-refractivity contribution in [3.05, 3.63) is 28.2 Å². The minimum atomic E-state index is -0.0573. The number of aliphatic hydroxyl groups excluding tert-OH is 1. The molecule has 1 aromatic carbocycles. The second-order valence-corrected chi connectivity index (χ2v) is 4.53. The maximum absolute atomic E-state index is 9.13. The molecule has 0 spiro atoms. The van der Waals surface area contributed by atoms with Gasteiger partial charge in [-0.3, -0.25) is 0 Å². The molecule has 96 valence electrons. The average Bonchev–Trinajstić information content (AvgIpc) is 2.36. The van der Waals surface area contributed by atoms with Crippen LogP contribution >= 0.6 is 15.9 Å². The summed E-state index contributed by atoms with van der Waals surface area (Å²) in [5.74, 6) is 0.817. The number of ether oxygens (including phenoxy) is 2. The minimum Gasteiger partial charge on any atom is -0.497 e. The molecule has 4 nitrogen and oxygen atoms in total. The van der Waals surface area contributed by atoms with E-state index >= 15 is 0 Å². The van der Waals surface area contributed by atoms with Crippen LogP contribution in [-0.4, -0.2) is 38.6 Å². The van der Waals surface area contributed by atoms with Gasteiger partial charge < -0.3 is 19.9 Å². The Morgan fingerprint density at radius 2 is 2.18 bits per heavy atom. The lowest BCUT2D eigenvalue weighted by atomic mass is 10.2. The molecular weight excluding hydrogens is 286 g/mol. The van der Waals surface area contributed by atoms with E-state index in [0.29, 0.717) is 13.2 Å². The van der Waals surface area contributed by atoms with Crippen molar-refractivity contribution in [1.82, 2.24) is 5.32 Å². The molecule has 0 aliphatic heterocycles. The van der Waals surface area contributed by atoms with Crippen LogP contribution in [0.3, 0.4) is 0 Å². The molecule has 1 rings (SSSR count). The second-order valence-electron chi connectivity index (χ2n) is 3.67. The first kappa shape index (κ1) is 14.4. The van der Waals surface area contributed by atoms with Crippen molar-refractivity contribution in [2.45, 2.75) is 12.6 Å². The zero-order chi connectivity index (χ0) is 12.7. The molecule has 1 aromatic rings. The lowest BCUT2D eigenvalue weighted by Gasteiger charge is -2.16. The molecule has 0 fully saturated rings. The number of halogens is 1. The van der Waals surface area contributed by atoms with E-state index < -0.39 is 0 Å². The lowest BCUT2D eigenvalue weighted by Crippen LogP contribution is -2.35. The summed E-state index contributed by atoms with van der Waals surface area (Å²) in [5, 5.41) is 12.3. The highest BCUT2D eigenvalue weighted by atomic mass is 79.9. The van der Waals surface area contributed by atoms with Gasteiger partial charge in [0.1, 0.15) is 5.75 Å². The standard InChI is InChI=1S/C12H18BrNO3/c1-16-8-10(7-15)14-6-9-5-11(17-2)3-4-12(9)13/h3-5,10,14-15H,6-8H2,1-2H3. The highest BCUT2D eigenvalue weighted by molar-refractivity contribution is 9.10. The van der Waals surface area contributed by atoms with Crippen LogP contribution in [0.15, 0.2) is 22.7 Å². The van der Waals surface area contributed by atoms with Crippen LogP contribution in [0.4, 0.5) is 0 Å². The molecular formula is C12H18BrNO3.